The van der Waals surface area contributed by atoms with E-state index in [1.807, 2.05) is 24.3 Å². The van der Waals surface area contributed by atoms with Crippen LogP contribution in [0.4, 0.5) is 5.69 Å². The van der Waals surface area contributed by atoms with Crippen LogP contribution in [-0.4, -0.2) is 33.1 Å². The van der Waals surface area contributed by atoms with Crippen LogP contribution >= 0.6 is 0 Å². The maximum atomic E-state index is 12.1. The van der Waals surface area contributed by atoms with Gasteiger partial charge in [0, 0.05) is 25.2 Å². The maximum absolute atomic E-state index is 12.1. The third-order valence-electron chi connectivity index (χ3n) is 3.98. The molecular weight excluding hydrogens is 294 g/mol. The maximum Gasteiger partial charge on any atom is 0.244 e. The van der Waals surface area contributed by atoms with Crippen LogP contribution in [0.5, 0.6) is 0 Å². The fourth-order valence-electron chi connectivity index (χ4n) is 2.63. The zero-order valence-electron chi connectivity index (χ0n) is 13.0. The van der Waals surface area contributed by atoms with Gasteiger partial charge in [-0.25, -0.2) is 9.67 Å². The number of nitrogens with one attached hydrogen (secondary N) is 1. The number of carbonyl (C=O) groups is 2. The van der Waals surface area contributed by atoms with Crippen LogP contribution in [0, 0.1) is 0 Å². The Labute approximate surface area is 134 Å². The van der Waals surface area contributed by atoms with Gasteiger partial charge in [0.05, 0.1) is 0 Å². The first-order chi connectivity index (χ1) is 11.1. The van der Waals surface area contributed by atoms with Gasteiger partial charge in [0.1, 0.15) is 18.7 Å². The molecule has 7 heteroatoms. The summed E-state index contributed by atoms with van der Waals surface area (Å²) < 4.78 is 1.51. The van der Waals surface area contributed by atoms with Gasteiger partial charge in [-0.05, 0) is 31.0 Å². The van der Waals surface area contributed by atoms with Crippen molar-refractivity contribution in [1.82, 2.24) is 20.1 Å². The second-order valence-electron chi connectivity index (χ2n) is 5.59. The van der Waals surface area contributed by atoms with E-state index in [2.05, 4.69) is 15.4 Å². The van der Waals surface area contributed by atoms with Crippen molar-refractivity contribution >= 4 is 17.5 Å². The summed E-state index contributed by atoms with van der Waals surface area (Å²) >= 11 is 0. The number of benzene rings is 1. The summed E-state index contributed by atoms with van der Waals surface area (Å²) in [6.45, 7) is 2.94. The molecule has 1 aliphatic rings. The lowest BCUT2D eigenvalue weighted by Crippen LogP contribution is -2.31. The molecule has 1 atom stereocenters. The Balaban J connectivity index is 1.62. The molecule has 1 saturated heterocycles. The Hall–Kier alpha value is -2.70. The highest BCUT2D eigenvalue weighted by atomic mass is 16.2. The van der Waals surface area contributed by atoms with Crippen LogP contribution < -0.4 is 10.2 Å². The summed E-state index contributed by atoms with van der Waals surface area (Å²) in [6.07, 6.45) is 4.43. The number of carbonyl (C=O) groups excluding carboxylic acids is 2. The van der Waals surface area contributed by atoms with Crippen molar-refractivity contribution in [2.75, 3.05) is 11.4 Å². The molecule has 0 aliphatic carbocycles. The summed E-state index contributed by atoms with van der Waals surface area (Å²) in [5.41, 5.74) is 1.85. The van der Waals surface area contributed by atoms with Gasteiger partial charge in [-0.3, -0.25) is 9.59 Å². The Morgan fingerprint density at radius 2 is 2.30 bits per heavy atom. The number of hydrogen-bond acceptors (Lipinski definition) is 4. The van der Waals surface area contributed by atoms with Crippen LogP contribution in [0.15, 0.2) is 36.9 Å². The van der Waals surface area contributed by atoms with Crippen LogP contribution in [0.25, 0.3) is 0 Å². The average Bonchev–Trinajstić information content (AvgIpc) is 3.23. The van der Waals surface area contributed by atoms with Crippen molar-refractivity contribution in [1.29, 1.82) is 0 Å². The average molecular weight is 313 g/mol. The van der Waals surface area contributed by atoms with Crippen molar-refractivity contribution in [2.45, 2.75) is 32.4 Å². The Kier molecular flexibility index (Phi) is 4.36. The lowest BCUT2D eigenvalue weighted by atomic mass is 10.2. The molecule has 120 valence electrons. The molecule has 1 N–H and O–H groups in total. The summed E-state index contributed by atoms with van der Waals surface area (Å²) in [4.78, 5) is 29.6. The number of rotatable bonds is 5. The highest BCUT2D eigenvalue weighted by Crippen LogP contribution is 2.22. The standard InChI is InChI=1S/C16H19N5O2/c1-12(21-11-17-10-19-21)16(23)18-9-13-4-2-5-14(8-13)20-7-3-6-15(20)22/h2,4-5,8,10-12H,3,6-7,9H2,1H3,(H,18,23). The molecule has 1 aromatic carbocycles. The molecule has 7 nitrogen and oxygen atoms in total. The molecule has 2 heterocycles. The van der Waals surface area contributed by atoms with E-state index in [-0.39, 0.29) is 11.8 Å². The van der Waals surface area contributed by atoms with Crippen molar-refractivity contribution in [3.63, 3.8) is 0 Å². The summed E-state index contributed by atoms with van der Waals surface area (Å²) in [7, 11) is 0. The van der Waals surface area contributed by atoms with Crippen molar-refractivity contribution in [3.05, 3.63) is 42.5 Å². The van der Waals surface area contributed by atoms with E-state index in [1.54, 1.807) is 11.8 Å². The second-order valence-corrected chi connectivity index (χ2v) is 5.59. The quantitative estimate of drug-likeness (QED) is 0.902. The second kappa shape index (κ2) is 6.60. The van der Waals surface area contributed by atoms with Crippen molar-refractivity contribution in [3.8, 4) is 0 Å². The molecule has 2 amide bonds. The zero-order chi connectivity index (χ0) is 16.2. The molecule has 1 aromatic heterocycles. The summed E-state index contributed by atoms with van der Waals surface area (Å²) in [5, 5.41) is 6.85. The number of nitrogens with zero attached hydrogens (tertiary/aromatic N) is 4. The minimum atomic E-state index is -0.416. The van der Waals surface area contributed by atoms with Crippen LogP contribution in [0.1, 0.15) is 31.4 Å². The van der Waals surface area contributed by atoms with Gasteiger partial charge in [0.25, 0.3) is 0 Å². The fraction of sp³-hybridized carbons (Fsp3) is 0.375. The van der Waals surface area contributed by atoms with Gasteiger partial charge < -0.3 is 10.2 Å². The van der Waals surface area contributed by atoms with Gasteiger partial charge >= 0.3 is 0 Å². The first-order valence-corrected chi connectivity index (χ1v) is 7.66. The molecule has 1 unspecified atom stereocenters. The molecule has 1 fully saturated rings. The summed E-state index contributed by atoms with van der Waals surface area (Å²) in [5.74, 6) is 0.0316. The van der Waals surface area contributed by atoms with Crippen LogP contribution in [0.3, 0.4) is 0 Å². The highest BCUT2D eigenvalue weighted by molar-refractivity contribution is 5.95. The normalized spacial score (nSPS) is 15.7. The molecule has 0 spiro atoms. The number of hydrogen-bond donors (Lipinski definition) is 1. The third-order valence-corrected chi connectivity index (χ3v) is 3.98. The lowest BCUT2D eigenvalue weighted by Gasteiger charge is -2.17. The SMILES string of the molecule is CC(C(=O)NCc1cccc(N2CCCC2=O)c1)n1cncn1. The van der Waals surface area contributed by atoms with Crippen molar-refractivity contribution in [2.24, 2.45) is 0 Å². The highest BCUT2D eigenvalue weighted by Gasteiger charge is 2.21. The first-order valence-electron chi connectivity index (χ1n) is 7.66. The predicted molar refractivity (Wildman–Crippen MR) is 84.6 cm³/mol. The van der Waals surface area contributed by atoms with E-state index < -0.39 is 6.04 Å². The largest absolute Gasteiger partial charge is 0.350 e. The summed E-state index contributed by atoms with van der Waals surface area (Å²) in [6, 6.07) is 7.30. The number of amides is 2. The van der Waals surface area contributed by atoms with E-state index >= 15 is 0 Å². The van der Waals surface area contributed by atoms with Crippen molar-refractivity contribution < 1.29 is 9.59 Å². The molecule has 2 aromatic rings. The number of aromatic nitrogens is 3. The minimum absolute atomic E-state index is 0.127. The van der Waals surface area contributed by atoms with Gasteiger partial charge in [-0.1, -0.05) is 12.1 Å². The first kappa shape index (κ1) is 15.2. The molecule has 0 bridgehead atoms. The Bertz CT molecular complexity index is 698. The Morgan fingerprint density at radius 1 is 1.43 bits per heavy atom. The molecule has 0 saturated carbocycles. The molecule has 0 radical (unpaired) electrons. The molecule has 23 heavy (non-hydrogen) atoms. The third kappa shape index (κ3) is 3.39. The predicted octanol–water partition coefficient (Wildman–Crippen LogP) is 1.28. The Morgan fingerprint density at radius 3 is 3.00 bits per heavy atom. The van der Waals surface area contributed by atoms with Gasteiger partial charge in [-0.2, -0.15) is 5.10 Å². The molecule has 3 rings (SSSR count). The van der Waals surface area contributed by atoms with Gasteiger partial charge in [-0.15, -0.1) is 0 Å². The van der Waals surface area contributed by atoms with E-state index in [0.717, 1.165) is 24.2 Å². The van der Waals surface area contributed by atoms with E-state index in [0.29, 0.717) is 13.0 Å². The van der Waals surface area contributed by atoms with Gasteiger partial charge in [0.15, 0.2) is 0 Å². The monoisotopic (exact) mass is 313 g/mol. The zero-order valence-corrected chi connectivity index (χ0v) is 13.0. The topological polar surface area (TPSA) is 80.1 Å². The van der Waals surface area contributed by atoms with Crippen LogP contribution in [0.2, 0.25) is 0 Å². The fourth-order valence-corrected chi connectivity index (χ4v) is 2.63. The smallest absolute Gasteiger partial charge is 0.244 e. The minimum Gasteiger partial charge on any atom is -0.350 e. The van der Waals surface area contributed by atoms with E-state index in [1.165, 1.54) is 17.3 Å². The van der Waals surface area contributed by atoms with Crippen LogP contribution in [-0.2, 0) is 16.1 Å². The van der Waals surface area contributed by atoms with E-state index in [4.69, 9.17) is 0 Å². The van der Waals surface area contributed by atoms with E-state index in [9.17, 15) is 9.59 Å². The lowest BCUT2D eigenvalue weighted by molar-refractivity contribution is -0.124. The molecular formula is C16H19N5O2. The number of anilines is 1. The van der Waals surface area contributed by atoms with Gasteiger partial charge in [0.2, 0.25) is 11.8 Å². The molecule has 1 aliphatic heterocycles.